The molecule has 0 spiro atoms. The van der Waals surface area contributed by atoms with E-state index < -0.39 is 11.9 Å². The summed E-state index contributed by atoms with van der Waals surface area (Å²) in [7, 11) is 0. The van der Waals surface area contributed by atoms with E-state index in [1.807, 2.05) is 22.8 Å². The van der Waals surface area contributed by atoms with Crippen molar-refractivity contribution >= 4 is 11.6 Å². The topological polar surface area (TPSA) is 80.0 Å². The van der Waals surface area contributed by atoms with Gasteiger partial charge >= 0.3 is 0 Å². The summed E-state index contributed by atoms with van der Waals surface area (Å²) in [5.74, 6) is -0.795. The fourth-order valence-electron chi connectivity index (χ4n) is 2.48. The zero-order chi connectivity index (χ0) is 17.6. The number of carbonyl (C=O) groups is 1. The fraction of sp³-hybridized carbons (Fsp3) is 0.167. The van der Waals surface area contributed by atoms with Crippen molar-refractivity contribution in [3.05, 3.63) is 78.1 Å². The van der Waals surface area contributed by atoms with Gasteiger partial charge in [0, 0.05) is 5.69 Å². The van der Waals surface area contributed by atoms with Crippen molar-refractivity contribution < 1.29 is 14.3 Å². The van der Waals surface area contributed by atoms with Gasteiger partial charge < -0.3 is 15.0 Å². The highest BCUT2D eigenvalue weighted by Crippen LogP contribution is 2.19. The van der Waals surface area contributed by atoms with E-state index in [9.17, 15) is 14.3 Å². The molecule has 3 rings (SSSR count). The Morgan fingerprint density at radius 3 is 2.68 bits per heavy atom. The minimum absolute atomic E-state index is 0.154. The molecule has 1 unspecified atom stereocenters. The van der Waals surface area contributed by atoms with Gasteiger partial charge in [-0.25, -0.2) is 4.39 Å². The van der Waals surface area contributed by atoms with Gasteiger partial charge in [0.15, 0.2) is 0 Å². The fourth-order valence-corrected chi connectivity index (χ4v) is 2.48. The van der Waals surface area contributed by atoms with E-state index in [1.54, 1.807) is 24.8 Å². The molecule has 2 N–H and O–H groups in total. The van der Waals surface area contributed by atoms with Crippen LogP contribution in [0.5, 0.6) is 0 Å². The molecule has 0 radical (unpaired) electrons. The Kier molecular flexibility index (Phi) is 5.15. The Balaban J connectivity index is 1.61. The number of rotatable bonds is 6. The van der Waals surface area contributed by atoms with E-state index in [0.29, 0.717) is 17.8 Å². The number of carbonyl (C=O) groups excluding carboxylic acids is 1. The molecule has 6 nitrogen and oxygen atoms in total. The molecule has 3 aromatic rings. The molecule has 1 atom stereocenters. The molecule has 128 valence electrons. The molecule has 0 aliphatic carbocycles. The molecule has 0 bridgehead atoms. The highest BCUT2D eigenvalue weighted by atomic mass is 19.1. The first-order chi connectivity index (χ1) is 12.1. The maximum atomic E-state index is 13.2. The van der Waals surface area contributed by atoms with Gasteiger partial charge in [-0.3, -0.25) is 4.79 Å². The van der Waals surface area contributed by atoms with Crippen molar-refractivity contribution in [2.24, 2.45) is 0 Å². The largest absolute Gasteiger partial charge is 0.388 e. The van der Waals surface area contributed by atoms with Gasteiger partial charge in [-0.1, -0.05) is 24.3 Å². The number of hydrogen-bond donors (Lipinski definition) is 2. The lowest BCUT2D eigenvalue weighted by molar-refractivity contribution is -0.118. The molecule has 1 amide bonds. The van der Waals surface area contributed by atoms with Crippen LogP contribution in [0.1, 0.15) is 23.7 Å². The molecule has 1 aromatic heterocycles. The first-order valence-electron chi connectivity index (χ1n) is 7.75. The van der Waals surface area contributed by atoms with Crippen LogP contribution in [0.4, 0.5) is 10.1 Å². The predicted molar refractivity (Wildman–Crippen MR) is 90.2 cm³/mol. The molecule has 0 aliphatic heterocycles. The second-order valence-corrected chi connectivity index (χ2v) is 5.66. The van der Waals surface area contributed by atoms with E-state index in [1.165, 1.54) is 18.2 Å². The summed E-state index contributed by atoms with van der Waals surface area (Å²) in [4.78, 5) is 12.1. The van der Waals surface area contributed by atoms with Crippen LogP contribution in [0.15, 0.2) is 61.2 Å². The van der Waals surface area contributed by atoms with E-state index >= 15 is 0 Å². The van der Waals surface area contributed by atoms with E-state index in [2.05, 4.69) is 15.5 Å². The predicted octanol–water partition coefficient (Wildman–Crippen LogP) is 2.53. The van der Waals surface area contributed by atoms with Crippen LogP contribution in [0.25, 0.3) is 0 Å². The summed E-state index contributed by atoms with van der Waals surface area (Å²) in [6.45, 7) is 0.586. The number of benzene rings is 2. The minimum Gasteiger partial charge on any atom is -0.388 e. The number of aliphatic hydroxyl groups excluding tert-OH is 1. The van der Waals surface area contributed by atoms with Crippen LogP contribution in [-0.4, -0.2) is 25.8 Å². The third kappa shape index (κ3) is 4.71. The molecule has 1 heterocycles. The van der Waals surface area contributed by atoms with Gasteiger partial charge in [0.1, 0.15) is 18.5 Å². The van der Waals surface area contributed by atoms with Gasteiger partial charge in [-0.15, -0.1) is 10.2 Å². The average molecular weight is 340 g/mol. The van der Waals surface area contributed by atoms with E-state index in [4.69, 9.17) is 0 Å². The quantitative estimate of drug-likeness (QED) is 0.723. The van der Waals surface area contributed by atoms with E-state index in [0.717, 1.165) is 5.56 Å². The number of aromatic nitrogens is 3. The van der Waals surface area contributed by atoms with Gasteiger partial charge in [0.2, 0.25) is 5.91 Å². The normalized spacial score (nSPS) is 11.9. The average Bonchev–Trinajstić information content (AvgIpc) is 3.08. The molecule has 7 heteroatoms. The number of aliphatic hydroxyl groups is 1. The van der Waals surface area contributed by atoms with Crippen molar-refractivity contribution in [2.45, 2.75) is 19.1 Å². The number of nitrogens with one attached hydrogen (secondary N) is 1. The Bertz CT molecular complexity index is 852. The van der Waals surface area contributed by atoms with Gasteiger partial charge in [0.25, 0.3) is 0 Å². The summed E-state index contributed by atoms with van der Waals surface area (Å²) >= 11 is 0. The third-order valence-corrected chi connectivity index (χ3v) is 3.65. The van der Waals surface area contributed by atoms with Crippen LogP contribution in [0.3, 0.4) is 0 Å². The highest BCUT2D eigenvalue weighted by Gasteiger charge is 2.14. The summed E-state index contributed by atoms with van der Waals surface area (Å²) in [5, 5.41) is 20.3. The lowest BCUT2D eigenvalue weighted by atomic mass is 10.1. The molecular formula is C18H17FN4O2. The smallest absolute Gasteiger partial charge is 0.227 e. The summed E-state index contributed by atoms with van der Waals surface area (Å²) in [6.07, 6.45) is 2.01. The van der Waals surface area contributed by atoms with Crippen LogP contribution >= 0.6 is 0 Å². The molecular weight excluding hydrogens is 323 g/mol. The zero-order valence-corrected chi connectivity index (χ0v) is 13.3. The summed E-state index contributed by atoms with van der Waals surface area (Å²) < 4.78 is 15.0. The molecule has 0 saturated heterocycles. The Labute approximate surface area is 144 Å². The van der Waals surface area contributed by atoms with Crippen molar-refractivity contribution in [1.82, 2.24) is 14.8 Å². The molecule has 25 heavy (non-hydrogen) atoms. The first-order valence-corrected chi connectivity index (χ1v) is 7.75. The van der Waals surface area contributed by atoms with Crippen LogP contribution in [-0.2, 0) is 11.3 Å². The van der Waals surface area contributed by atoms with Crippen molar-refractivity contribution in [3.63, 3.8) is 0 Å². The number of hydrogen-bond acceptors (Lipinski definition) is 4. The van der Waals surface area contributed by atoms with Crippen LogP contribution in [0.2, 0.25) is 0 Å². The van der Waals surface area contributed by atoms with Crippen molar-refractivity contribution in [3.8, 4) is 0 Å². The number of halogens is 1. The van der Waals surface area contributed by atoms with Crippen molar-refractivity contribution in [1.29, 1.82) is 0 Å². The van der Waals surface area contributed by atoms with Gasteiger partial charge in [-0.2, -0.15) is 0 Å². The maximum absolute atomic E-state index is 13.2. The molecule has 0 fully saturated rings. The summed E-state index contributed by atoms with van der Waals surface area (Å²) in [6, 6.07) is 13.0. The van der Waals surface area contributed by atoms with Crippen molar-refractivity contribution in [2.75, 3.05) is 5.32 Å². The minimum atomic E-state index is -1.06. The number of nitrogens with zero attached hydrogens (tertiary/aromatic N) is 3. The SMILES string of the molecule is O=C(CC(O)c1cccc(F)c1)Nc1cccc(Cn2cnnc2)c1. The Hall–Kier alpha value is -3.06. The highest BCUT2D eigenvalue weighted by molar-refractivity contribution is 5.91. The monoisotopic (exact) mass is 340 g/mol. The number of anilines is 1. The maximum Gasteiger partial charge on any atom is 0.227 e. The van der Waals surface area contributed by atoms with Gasteiger partial charge in [-0.05, 0) is 35.4 Å². The Morgan fingerprint density at radius 1 is 1.16 bits per heavy atom. The molecule has 0 saturated carbocycles. The van der Waals surface area contributed by atoms with E-state index in [-0.39, 0.29) is 12.3 Å². The second-order valence-electron chi connectivity index (χ2n) is 5.66. The lowest BCUT2D eigenvalue weighted by Gasteiger charge is -2.12. The Morgan fingerprint density at radius 2 is 1.92 bits per heavy atom. The standard InChI is InChI=1S/C18H17FN4O2/c19-15-5-2-4-14(8-15)17(24)9-18(25)22-16-6-1-3-13(7-16)10-23-11-20-21-12-23/h1-8,11-12,17,24H,9-10H2,(H,22,25). The summed E-state index contributed by atoms with van der Waals surface area (Å²) in [5.41, 5.74) is 1.97. The molecule has 0 aliphatic rings. The van der Waals surface area contributed by atoms with Crippen LogP contribution in [0, 0.1) is 5.82 Å². The van der Waals surface area contributed by atoms with Crippen LogP contribution < -0.4 is 5.32 Å². The zero-order valence-electron chi connectivity index (χ0n) is 13.3. The number of amides is 1. The lowest BCUT2D eigenvalue weighted by Crippen LogP contribution is -2.15. The first kappa shape index (κ1) is 16.8. The second kappa shape index (κ2) is 7.67. The third-order valence-electron chi connectivity index (χ3n) is 3.65. The molecule has 2 aromatic carbocycles. The van der Waals surface area contributed by atoms with Gasteiger partial charge in [0.05, 0.1) is 19.1 Å².